The normalized spacial score (nSPS) is 28.9. The van der Waals surface area contributed by atoms with Crippen LogP contribution in [0.5, 0.6) is 0 Å². The Labute approximate surface area is 112 Å². The molecule has 0 radical (unpaired) electrons. The summed E-state index contributed by atoms with van der Waals surface area (Å²) in [7, 11) is 0. The van der Waals surface area contributed by atoms with Gasteiger partial charge in [0.15, 0.2) is 4.96 Å². The molecular weight excluding hydrogens is 242 g/mol. The van der Waals surface area contributed by atoms with Crippen molar-refractivity contribution in [3.63, 3.8) is 0 Å². The molecule has 2 aromatic heterocycles. The topological polar surface area (TPSA) is 43.3 Å². The van der Waals surface area contributed by atoms with Crippen LogP contribution in [0, 0.1) is 17.8 Å². The van der Waals surface area contributed by atoms with Crippen LogP contribution >= 0.6 is 11.3 Å². The maximum Gasteiger partial charge on any atom is 0.193 e. The zero-order chi connectivity index (χ0) is 12.5. The molecule has 1 fully saturated rings. The average Bonchev–Trinajstić information content (AvgIpc) is 2.90. The lowest BCUT2D eigenvalue weighted by Gasteiger charge is -2.33. The van der Waals surface area contributed by atoms with Crippen LogP contribution in [0.4, 0.5) is 0 Å². The lowest BCUT2D eigenvalue weighted by atomic mass is 9.73. The van der Waals surface area contributed by atoms with Crippen molar-refractivity contribution in [3.05, 3.63) is 23.5 Å². The Morgan fingerprint density at radius 2 is 2.33 bits per heavy atom. The third-order valence-electron chi connectivity index (χ3n) is 4.32. The number of nitrogens with two attached hydrogens (primary N) is 1. The quantitative estimate of drug-likeness (QED) is 0.925. The first-order valence-electron chi connectivity index (χ1n) is 6.87. The lowest BCUT2D eigenvalue weighted by Crippen LogP contribution is -2.31. The van der Waals surface area contributed by atoms with Gasteiger partial charge in [0.05, 0.1) is 5.69 Å². The van der Waals surface area contributed by atoms with Crippen LogP contribution < -0.4 is 5.73 Å². The summed E-state index contributed by atoms with van der Waals surface area (Å²) in [6, 6.07) is 0. The molecule has 1 saturated carbocycles. The smallest absolute Gasteiger partial charge is 0.193 e. The predicted octanol–water partition coefficient (Wildman–Crippen LogP) is 2.95. The van der Waals surface area contributed by atoms with Crippen LogP contribution in [0.15, 0.2) is 17.8 Å². The molecule has 3 rings (SSSR count). The van der Waals surface area contributed by atoms with E-state index in [4.69, 9.17) is 10.7 Å². The summed E-state index contributed by atoms with van der Waals surface area (Å²) in [5, 5.41) is 2.08. The zero-order valence-electron chi connectivity index (χ0n) is 10.9. The third kappa shape index (κ3) is 2.31. The molecule has 3 unspecified atom stereocenters. The van der Waals surface area contributed by atoms with Crippen LogP contribution in [0.2, 0.25) is 0 Å². The monoisotopic (exact) mass is 263 g/mol. The van der Waals surface area contributed by atoms with E-state index < -0.39 is 0 Å². The van der Waals surface area contributed by atoms with Crippen molar-refractivity contribution < 1.29 is 0 Å². The molecule has 0 bridgehead atoms. The first-order valence-corrected chi connectivity index (χ1v) is 7.75. The van der Waals surface area contributed by atoms with Crippen molar-refractivity contribution in [2.45, 2.75) is 32.6 Å². The van der Waals surface area contributed by atoms with E-state index in [1.165, 1.54) is 25.0 Å². The van der Waals surface area contributed by atoms with E-state index in [1.54, 1.807) is 11.3 Å². The summed E-state index contributed by atoms with van der Waals surface area (Å²) >= 11 is 1.70. The van der Waals surface area contributed by atoms with Gasteiger partial charge in [-0.25, -0.2) is 4.98 Å². The number of nitrogens with zero attached hydrogens (tertiary/aromatic N) is 2. The highest BCUT2D eigenvalue weighted by Gasteiger charge is 2.28. The fourth-order valence-corrected chi connectivity index (χ4v) is 3.98. The van der Waals surface area contributed by atoms with Crippen LogP contribution in [-0.4, -0.2) is 15.9 Å². The largest absolute Gasteiger partial charge is 0.330 e. The molecule has 18 heavy (non-hydrogen) atoms. The summed E-state index contributed by atoms with van der Waals surface area (Å²) in [5.74, 6) is 2.27. The van der Waals surface area contributed by atoms with Gasteiger partial charge in [-0.05, 0) is 43.6 Å². The zero-order valence-corrected chi connectivity index (χ0v) is 11.7. The van der Waals surface area contributed by atoms with Crippen LogP contribution in [0.3, 0.4) is 0 Å². The van der Waals surface area contributed by atoms with Crippen LogP contribution in [-0.2, 0) is 6.42 Å². The van der Waals surface area contributed by atoms with Crippen molar-refractivity contribution in [1.29, 1.82) is 0 Å². The van der Waals surface area contributed by atoms with E-state index in [1.807, 2.05) is 0 Å². The van der Waals surface area contributed by atoms with Crippen LogP contribution in [0.1, 0.15) is 31.9 Å². The van der Waals surface area contributed by atoms with Gasteiger partial charge in [-0.3, -0.25) is 4.40 Å². The minimum absolute atomic E-state index is 0.695. The van der Waals surface area contributed by atoms with E-state index in [-0.39, 0.29) is 0 Å². The maximum absolute atomic E-state index is 5.92. The fraction of sp³-hybridized carbons (Fsp3) is 0.643. The molecule has 0 aromatic carbocycles. The van der Waals surface area contributed by atoms with Crippen molar-refractivity contribution in [3.8, 4) is 0 Å². The average molecular weight is 263 g/mol. The minimum atomic E-state index is 0.695. The Morgan fingerprint density at radius 1 is 1.44 bits per heavy atom. The van der Waals surface area contributed by atoms with Gasteiger partial charge in [-0.2, -0.15) is 0 Å². The third-order valence-corrected chi connectivity index (χ3v) is 5.09. The Hall–Kier alpha value is -0.870. The Morgan fingerprint density at radius 3 is 3.11 bits per heavy atom. The number of thiazole rings is 1. The van der Waals surface area contributed by atoms with Crippen LogP contribution in [0.25, 0.3) is 4.96 Å². The number of aromatic nitrogens is 2. The van der Waals surface area contributed by atoms with Gasteiger partial charge in [0.1, 0.15) is 0 Å². The van der Waals surface area contributed by atoms with Gasteiger partial charge in [-0.1, -0.05) is 13.3 Å². The van der Waals surface area contributed by atoms with Crippen molar-refractivity contribution >= 4 is 16.3 Å². The second-order valence-electron chi connectivity index (χ2n) is 5.70. The molecule has 2 aromatic rings. The summed E-state index contributed by atoms with van der Waals surface area (Å²) in [5.41, 5.74) is 7.16. The van der Waals surface area contributed by atoms with Crippen molar-refractivity contribution in [2.24, 2.45) is 23.5 Å². The van der Waals surface area contributed by atoms with Gasteiger partial charge in [0.2, 0.25) is 0 Å². The summed E-state index contributed by atoms with van der Waals surface area (Å²) in [6.45, 7) is 3.20. The number of hydrogen-bond acceptors (Lipinski definition) is 3. The number of hydrogen-bond donors (Lipinski definition) is 1. The highest BCUT2D eigenvalue weighted by molar-refractivity contribution is 7.15. The van der Waals surface area contributed by atoms with Gasteiger partial charge in [0, 0.05) is 17.8 Å². The second-order valence-corrected chi connectivity index (χ2v) is 6.58. The molecule has 3 atom stereocenters. The van der Waals surface area contributed by atoms with E-state index in [2.05, 4.69) is 29.1 Å². The first-order chi connectivity index (χ1) is 8.76. The number of rotatable bonds is 3. The predicted molar refractivity (Wildman–Crippen MR) is 75.8 cm³/mol. The van der Waals surface area contributed by atoms with Gasteiger partial charge in [-0.15, -0.1) is 11.3 Å². The molecule has 0 amide bonds. The number of imidazole rings is 1. The Kier molecular flexibility index (Phi) is 3.39. The first kappa shape index (κ1) is 12.2. The molecule has 1 aliphatic rings. The molecular formula is C14H21N3S. The van der Waals surface area contributed by atoms with Crippen molar-refractivity contribution in [1.82, 2.24) is 9.38 Å². The second kappa shape index (κ2) is 5.02. The highest BCUT2D eigenvalue weighted by Crippen LogP contribution is 2.35. The molecule has 4 heteroatoms. The molecule has 0 aliphatic heterocycles. The highest BCUT2D eigenvalue weighted by atomic mass is 32.1. The van der Waals surface area contributed by atoms with Crippen molar-refractivity contribution in [2.75, 3.05) is 6.54 Å². The van der Waals surface area contributed by atoms with Gasteiger partial charge < -0.3 is 5.73 Å². The molecule has 2 N–H and O–H groups in total. The molecule has 0 spiro atoms. The molecule has 1 aliphatic carbocycles. The maximum atomic E-state index is 5.92. The Bertz CT molecular complexity index is 487. The lowest BCUT2D eigenvalue weighted by molar-refractivity contribution is 0.192. The summed E-state index contributed by atoms with van der Waals surface area (Å²) < 4.78 is 2.13. The fourth-order valence-electron chi connectivity index (χ4n) is 3.26. The molecule has 2 heterocycles. The Balaban J connectivity index is 1.75. The molecule has 3 nitrogen and oxygen atoms in total. The molecule has 98 valence electrons. The van der Waals surface area contributed by atoms with Gasteiger partial charge >= 0.3 is 0 Å². The minimum Gasteiger partial charge on any atom is -0.330 e. The molecule has 0 saturated heterocycles. The summed E-state index contributed by atoms with van der Waals surface area (Å²) in [4.78, 5) is 5.81. The standard InChI is InChI=1S/C14H21N3S/c1-10-2-3-11(8-15)12(6-10)7-13-9-17-4-5-18-14(17)16-13/h4-5,9-12H,2-3,6-8,15H2,1H3. The summed E-state index contributed by atoms with van der Waals surface area (Å²) in [6.07, 6.45) is 9.31. The number of fused-ring (bicyclic) bond motifs is 1. The SMILES string of the molecule is CC1CCC(CN)C(Cc2cn3ccsc3n2)C1. The van der Waals surface area contributed by atoms with E-state index in [0.717, 1.165) is 29.8 Å². The van der Waals surface area contributed by atoms with Gasteiger partial charge in [0.25, 0.3) is 0 Å². The van der Waals surface area contributed by atoms with E-state index >= 15 is 0 Å². The van der Waals surface area contributed by atoms with E-state index in [0.29, 0.717) is 5.92 Å². The van der Waals surface area contributed by atoms with E-state index in [9.17, 15) is 0 Å².